The van der Waals surface area contributed by atoms with Crippen molar-refractivity contribution in [1.82, 2.24) is 9.80 Å². The summed E-state index contributed by atoms with van der Waals surface area (Å²) in [6.45, 7) is 3.79. The summed E-state index contributed by atoms with van der Waals surface area (Å²) < 4.78 is 12.0. The van der Waals surface area contributed by atoms with Crippen molar-refractivity contribution in [3.63, 3.8) is 0 Å². The molecule has 1 amide bonds. The van der Waals surface area contributed by atoms with Crippen LogP contribution in [0.5, 0.6) is 11.5 Å². The van der Waals surface area contributed by atoms with Gasteiger partial charge >= 0.3 is 0 Å². The number of likely N-dealkylation sites (tertiary alicyclic amines) is 1. The highest BCUT2D eigenvalue weighted by Gasteiger charge is 2.40. The first-order valence-electron chi connectivity index (χ1n) is 9.57. The molecule has 1 aromatic rings. The number of ether oxygens (including phenoxy) is 2. The summed E-state index contributed by atoms with van der Waals surface area (Å²) in [6.07, 6.45) is 4.18. The van der Waals surface area contributed by atoms with Crippen molar-refractivity contribution in [3.05, 3.63) is 23.8 Å². The second-order valence-corrected chi connectivity index (χ2v) is 7.56. The van der Waals surface area contributed by atoms with Gasteiger partial charge < -0.3 is 25.0 Å². The van der Waals surface area contributed by atoms with Crippen LogP contribution in [0.2, 0.25) is 0 Å². The van der Waals surface area contributed by atoms with E-state index in [0.29, 0.717) is 26.1 Å². The lowest BCUT2D eigenvalue weighted by atomic mass is 9.93. The van der Waals surface area contributed by atoms with Crippen LogP contribution in [0, 0.1) is 0 Å². The molecule has 2 aliphatic rings. The molecule has 0 unspecified atom stereocenters. The fraction of sp³-hybridized carbons (Fsp3) is 0.650. The predicted molar refractivity (Wildman–Crippen MR) is 101 cm³/mol. The number of hydrogen-bond donors (Lipinski definition) is 1. The van der Waals surface area contributed by atoms with Gasteiger partial charge in [-0.25, -0.2) is 0 Å². The van der Waals surface area contributed by atoms with E-state index in [1.54, 1.807) is 7.11 Å². The van der Waals surface area contributed by atoms with Crippen LogP contribution >= 0.6 is 0 Å². The molecular formula is C20H31N3O3. The number of hydrogen-bond acceptors (Lipinski definition) is 5. The molecule has 6 heteroatoms. The lowest BCUT2D eigenvalue weighted by Crippen LogP contribution is -2.48. The predicted octanol–water partition coefficient (Wildman–Crippen LogP) is 2.01. The Bertz CT molecular complexity index is 637. The van der Waals surface area contributed by atoms with Crippen LogP contribution in [0.15, 0.2) is 18.2 Å². The summed E-state index contributed by atoms with van der Waals surface area (Å²) >= 11 is 0. The number of carbonyl (C=O) groups is 1. The molecule has 0 saturated carbocycles. The molecule has 0 aliphatic carbocycles. The lowest BCUT2D eigenvalue weighted by molar-refractivity contribution is -0.134. The van der Waals surface area contributed by atoms with E-state index in [-0.39, 0.29) is 11.5 Å². The minimum atomic E-state index is -0.316. The Morgan fingerprint density at radius 1 is 1.35 bits per heavy atom. The fourth-order valence-corrected chi connectivity index (χ4v) is 3.93. The molecule has 3 rings (SSSR count). The maximum Gasteiger partial charge on any atom is 0.223 e. The van der Waals surface area contributed by atoms with E-state index in [1.165, 1.54) is 0 Å². The van der Waals surface area contributed by atoms with Crippen LogP contribution < -0.4 is 15.2 Å². The molecule has 0 aromatic heterocycles. The Labute approximate surface area is 156 Å². The van der Waals surface area contributed by atoms with Crippen LogP contribution in [0.3, 0.4) is 0 Å². The highest BCUT2D eigenvalue weighted by atomic mass is 16.5. The standard InChI is InChI=1S/C20H31N3O3/c1-22-11-4-8-20(9-12-22)15-23(19(24)5-3-10-21)14-16-13-17(25-2)6-7-18(16)26-20/h6-7,13H,3-5,8-12,14-15,21H2,1-2H3/t20-/m0/s1. The van der Waals surface area contributed by atoms with Crippen molar-refractivity contribution < 1.29 is 14.3 Å². The van der Waals surface area contributed by atoms with Gasteiger partial charge in [-0.3, -0.25) is 4.79 Å². The first-order valence-corrected chi connectivity index (χ1v) is 9.57. The van der Waals surface area contributed by atoms with E-state index in [4.69, 9.17) is 15.2 Å². The van der Waals surface area contributed by atoms with Gasteiger partial charge in [0.1, 0.15) is 17.1 Å². The zero-order valence-corrected chi connectivity index (χ0v) is 16.0. The van der Waals surface area contributed by atoms with Gasteiger partial charge in [-0.05, 0) is 57.6 Å². The molecule has 1 fully saturated rings. The molecule has 2 heterocycles. The van der Waals surface area contributed by atoms with Crippen molar-refractivity contribution in [2.24, 2.45) is 5.73 Å². The van der Waals surface area contributed by atoms with E-state index < -0.39 is 0 Å². The Morgan fingerprint density at radius 3 is 2.96 bits per heavy atom. The zero-order chi connectivity index (χ0) is 18.6. The minimum Gasteiger partial charge on any atom is -0.497 e. The molecule has 1 saturated heterocycles. The molecule has 1 spiro atoms. The first-order chi connectivity index (χ1) is 12.5. The molecule has 2 N–H and O–H groups in total. The summed E-state index contributed by atoms with van der Waals surface area (Å²) in [4.78, 5) is 17.1. The number of rotatable bonds is 4. The van der Waals surface area contributed by atoms with Gasteiger partial charge in [0, 0.05) is 31.5 Å². The third-order valence-electron chi connectivity index (χ3n) is 5.50. The monoisotopic (exact) mass is 361 g/mol. The molecule has 144 valence electrons. The lowest BCUT2D eigenvalue weighted by Gasteiger charge is -2.35. The molecule has 0 radical (unpaired) electrons. The summed E-state index contributed by atoms with van der Waals surface area (Å²) in [5, 5.41) is 0. The van der Waals surface area contributed by atoms with Crippen LogP contribution in [0.4, 0.5) is 0 Å². The molecule has 2 aliphatic heterocycles. The van der Waals surface area contributed by atoms with E-state index in [9.17, 15) is 4.79 Å². The van der Waals surface area contributed by atoms with Crippen molar-refractivity contribution in [2.75, 3.05) is 40.3 Å². The average Bonchev–Trinajstić information content (AvgIpc) is 2.92. The molecule has 6 nitrogen and oxygen atoms in total. The fourth-order valence-electron chi connectivity index (χ4n) is 3.93. The summed E-state index contributed by atoms with van der Waals surface area (Å²) in [6, 6.07) is 5.90. The van der Waals surface area contributed by atoms with Crippen molar-refractivity contribution in [3.8, 4) is 11.5 Å². The van der Waals surface area contributed by atoms with Gasteiger partial charge in [0.15, 0.2) is 0 Å². The third-order valence-corrected chi connectivity index (χ3v) is 5.50. The van der Waals surface area contributed by atoms with E-state index in [2.05, 4.69) is 11.9 Å². The quantitative estimate of drug-likeness (QED) is 0.888. The Kier molecular flexibility index (Phi) is 6.04. The van der Waals surface area contributed by atoms with Gasteiger partial charge in [0.05, 0.1) is 13.7 Å². The molecule has 1 atom stereocenters. The minimum absolute atomic E-state index is 0.159. The number of benzene rings is 1. The Morgan fingerprint density at radius 2 is 2.19 bits per heavy atom. The van der Waals surface area contributed by atoms with Gasteiger partial charge in [-0.15, -0.1) is 0 Å². The molecule has 26 heavy (non-hydrogen) atoms. The molecule has 1 aromatic carbocycles. The van der Waals surface area contributed by atoms with Gasteiger partial charge in [-0.1, -0.05) is 0 Å². The van der Waals surface area contributed by atoms with Gasteiger partial charge in [0.25, 0.3) is 0 Å². The summed E-state index contributed by atoms with van der Waals surface area (Å²) in [5.41, 5.74) is 6.30. The first kappa shape index (κ1) is 19.0. The number of amides is 1. The number of nitrogens with zero attached hydrogens (tertiary/aromatic N) is 2. The second kappa shape index (κ2) is 8.27. The second-order valence-electron chi connectivity index (χ2n) is 7.56. The van der Waals surface area contributed by atoms with Gasteiger partial charge in [0.2, 0.25) is 5.91 Å². The van der Waals surface area contributed by atoms with Crippen LogP contribution in [-0.4, -0.2) is 61.6 Å². The molecular weight excluding hydrogens is 330 g/mol. The van der Waals surface area contributed by atoms with E-state index in [1.807, 2.05) is 23.1 Å². The highest BCUT2D eigenvalue weighted by Crippen LogP contribution is 2.37. The normalized spacial score (nSPS) is 23.7. The van der Waals surface area contributed by atoms with Crippen molar-refractivity contribution in [2.45, 2.75) is 44.2 Å². The number of methoxy groups -OCH3 is 1. The summed E-state index contributed by atoms with van der Waals surface area (Å²) in [7, 11) is 3.81. The van der Waals surface area contributed by atoms with Gasteiger partial charge in [-0.2, -0.15) is 0 Å². The van der Waals surface area contributed by atoms with Crippen LogP contribution in [0.25, 0.3) is 0 Å². The van der Waals surface area contributed by atoms with Crippen molar-refractivity contribution in [1.29, 1.82) is 0 Å². The van der Waals surface area contributed by atoms with E-state index in [0.717, 1.165) is 55.8 Å². The number of carbonyl (C=O) groups excluding carboxylic acids is 1. The average molecular weight is 361 g/mol. The Hall–Kier alpha value is -1.79. The SMILES string of the molecule is COc1ccc2c(c1)CN(C(=O)CCCN)C[C@@]1(CCCN(C)CC1)O2. The van der Waals surface area contributed by atoms with Crippen LogP contribution in [0.1, 0.15) is 37.7 Å². The smallest absolute Gasteiger partial charge is 0.223 e. The van der Waals surface area contributed by atoms with Crippen molar-refractivity contribution >= 4 is 5.91 Å². The largest absolute Gasteiger partial charge is 0.497 e. The number of fused-ring (bicyclic) bond motifs is 1. The summed E-state index contributed by atoms with van der Waals surface area (Å²) in [5.74, 6) is 1.83. The molecule has 0 bridgehead atoms. The Balaban J connectivity index is 1.92. The number of nitrogens with two attached hydrogens (primary N) is 1. The highest BCUT2D eigenvalue weighted by molar-refractivity contribution is 5.76. The third kappa shape index (κ3) is 4.30. The van der Waals surface area contributed by atoms with Crippen LogP contribution in [-0.2, 0) is 11.3 Å². The zero-order valence-electron chi connectivity index (χ0n) is 16.0. The maximum atomic E-state index is 12.8. The maximum absolute atomic E-state index is 12.8. The van der Waals surface area contributed by atoms with E-state index >= 15 is 0 Å². The topological polar surface area (TPSA) is 68.0 Å².